The van der Waals surface area contributed by atoms with Gasteiger partial charge in [-0.2, -0.15) is 5.10 Å². The minimum atomic E-state index is -0.257. The zero-order valence-electron chi connectivity index (χ0n) is 12.8. The summed E-state index contributed by atoms with van der Waals surface area (Å²) in [4.78, 5) is 23.8. The standard InChI is InChI=1S/C16H16Cl2N4O2/c17-13-2-1-3-14(18)12(13)6-15(23)21-11-7-19-22(8-11)9-16(24)20-10-4-5-10/h1-3,7-8,10H,4-6,9H2,(H,20,24)(H,21,23). The first-order chi connectivity index (χ1) is 11.5. The second-order valence-electron chi connectivity index (χ2n) is 5.69. The van der Waals surface area contributed by atoms with Crippen LogP contribution in [-0.2, 0) is 22.6 Å². The number of anilines is 1. The maximum absolute atomic E-state index is 12.1. The van der Waals surface area contributed by atoms with Gasteiger partial charge in [-0.1, -0.05) is 29.3 Å². The third-order valence-corrected chi connectivity index (χ3v) is 4.27. The molecule has 1 heterocycles. The Labute approximate surface area is 149 Å². The van der Waals surface area contributed by atoms with Crippen molar-refractivity contribution in [3.05, 3.63) is 46.2 Å². The highest BCUT2D eigenvalue weighted by atomic mass is 35.5. The van der Waals surface area contributed by atoms with E-state index in [-0.39, 0.29) is 24.8 Å². The molecule has 24 heavy (non-hydrogen) atoms. The number of carbonyl (C=O) groups is 2. The van der Waals surface area contributed by atoms with Crippen molar-refractivity contribution in [1.82, 2.24) is 15.1 Å². The Morgan fingerprint density at radius 3 is 2.58 bits per heavy atom. The molecule has 1 aliphatic carbocycles. The van der Waals surface area contributed by atoms with Crippen LogP contribution in [0.3, 0.4) is 0 Å². The van der Waals surface area contributed by atoms with Gasteiger partial charge >= 0.3 is 0 Å². The first-order valence-corrected chi connectivity index (χ1v) is 8.31. The van der Waals surface area contributed by atoms with E-state index in [9.17, 15) is 9.59 Å². The van der Waals surface area contributed by atoms with Crippen LogP contribution < -0.4 is 10.6 Å². The van der Waals surface area contributed by atoms with Crippen molar-refractivity contribution in [3.8, 4) is 0 Å². The zero-order valence-corrected chi connectivity index (χ0v) is 14.3. The Morgan fingerprint density at radius 1 is 1.21 bits per heavy atom. The van der Waals surface area contributed by atoms with E-state index in [1.165, 1.54) is 10.9 Å². The van der Waals surface area contributed by atoms with Gasteiger partial charge in [0.05, 0.1) is 18.3 Å². The lowest BCUT2D eigenvalue weighted by Crippen LogP contribution is -2.29. The SMILES string of the molecule is O=C(Cc1c(Cl)cccc1Cl)Nc1cnn(CC(=O)NC2CC2)c1. The van der Waals surface area contributed by atoms with Crippen LogP contribution in [0.5, 0.6) is 0 Å². The number of rotatable bonds is 6. The van der Waals surface area contributed by atoms with Crippen LogP contribution in [0.1, 0.15) is 18.4 Å². The minimum Gasteiger partial charge on any atom is -0.352 e. The summed E-state index contributed by atoms with van der Waals surface area (Å²) in [5.41, 5.74) is 1.09. The average molecular weight is 367 g/mol. The average Bonchev–Trinajstić information content (AvgIpc) is 3.22. The van der Waals surface area contributed by atoms with E-state index >= 15 is 0 Å². The number of carbonyl (C=O) groups excluding carboxylic acids is 2. The number of hydrogen-bond donors (Lipinski definition) is 2. The van der Waals surface area contributed by atoms with Crippen LogP contribution in [0.15, 0.2) is 30.6 Å². The van der Waals surface area contributed by atoms with E-state index in [1.54, 1.807) is 24.4 Å². The predicted octanol–water partition coefficient (Wildman–Crippen LogP) is 2.65. The van der Waals surface area contributed by atoms with Gasteiger partial charge in [0.2, 0.25) is 11.8 Å². The Hall–Kier alpha value is -2.05. The molecule has 8 heteroatoms. The van der Waals surface area contributed by atoms with E-state index in [2.05, 4.69) is 15.7 Å². The van der Waals surface area contributed by atoms with Crippen LogP contribution >= 0.6 is 23.2 Å². The topological polar surface area (TPSA) is 76.0 Å². The van der Waals surface area contributed by atoms with E-state index in [4.69, 9.17) is 23.2 Å². The molecule has 0 bridgehead atoms. The molecule has 2 N–H and O–H groups in total. The van der Waals surface area contributed by atoms with Crippen LogP contribution in [-0.4, -0.2) is 27.6 Å². The summed E-state index contributed by atoms with van der Waals surface area (Å²) in [7, 11) is 0. The molecule has 126 valence electrons. The lowest BCUT2D eigenvalue weighted by Gasteiger charge is -2.07. The third kappa shape index (κ3) is 4.49. The molecular weight excluding hydrogens is 351 g/mol. The quantitative estimate of drug-likeness (QED) is 0.824. The van der Waals surface area contributed by atoms with Crippen molar-refractivity contribution in [2.75, 3.05) is 5.32 Å². The summed E-state index contributed by atoms with van der Waals surface area (Å²) < 4.78 is 1.48. The molecule has 0 radical (unpaired) electrons. The molecule has 1 aromatic carbocycles. The fourth-order valence-corrected chi connectivity index (χ4v) is 2.76. The van der Waals surface area contributed by atoms with Gasteiger partial charge in [-0.25, -0.2) is 0 Å². The molecule has 3 rings (SSSR count). The molecule has 0 atom stereocenters. The Morgan fingerprint density at radius 2 is 1.92 bits per heavy atom. The number of nitrogens with zero attached hydrogens (tertiary/aromatic N) is 2. The fourth-order valence-electron chi connectivity index (χ4n) is 2.23. The van der Waals surface area contributed by atoms with Gasteiger partial charge in [0.15, 0.2) is 0 Å². The van der Waals surface area contributed by atoms with Crippen LogP contribution in [0.4, 0.5) is 5.69 Å². The predicted molar refractivity (Wildman–Crippen MR) is 92.2 cm³/mol. The molecule has 6 nitrogen and oxygen atoms in total. The molecule has 0 unspecified atom stereocenters. The van der Waals surface area contributed by atoms with Crippen LogP contribution in [0.25, 0.3) is 0 Å². The second-order valence-corrected chi connectivity index (χ2v) is 6.51. The van der Waals surface area contributed by atoms with Gasteiger partial charge in [-0.05, 0) is 30.5 Å². The monoisotopic (exact) mass is 366 g/mol. The summed E-state index contributed by atoms with van der Waals surface area (Å²) in [6.07, 6.45) is 5.24. The van der Waals surface area contributed by atoms with Crippen LogP contribution in [0.2, 0.25) is 10.0 Å². The summed E-state index contributed by atoms with van der Waals surface area (Å²) in [6.45, 7) is 0.128. The summed E-state index contributed by atoms with van der Waals surface area (Å²) in [5, 5.41) is 10.6. The third-order valence-electron chi connectivity index (χ3n) is 3.56. The molecular formula is C16H16Cl2N4O2. The molecule has 1 saturated carbocycles. The molecule has 1 fully saturated rings. The van der Waals surface area contributed by atoms with Crippen molar-refractivity contribution in [2.45, 2.75) is 31.8 Å². The Balaban J connectivity index is 1.55. The molecule has 0 spiro atoms. The van der Waals surface area contributed by atoms with Crippen LogP contribution in [0, 0.1) is 0 Å². The smallest absolute Gasteiger partial charge is 0.241 e. The fraction of sp³-hybridized carbons (Fsp3) is 0.312. The van der Waals surface area contributed by atoms with E-state index in [1.807, 2.05) is 0 Å². The molecule has 2 amide bonds. The highest BCUT2D eigenvalue weighted by molar-refractivity contribution is 6.36. The number of nitrogens with one attached hydrogen (secondary N) is 2. The lowest BCUT2D eigenvalue weighted by molar-refractivity contribution is -0.122. The van der Waals surface area contributed by atoms with Gasteiger partial charge in [0, 0.05) is 22.3 Å². The van der Waals surface area contributed by atoms with Crippen molar-refractivity contribution in [1.29, 1.82) is 0 Å². The van der Waals surface area contributed by atoms with Gasteiger partial charge in [-0.3, -0.25) is 14.3 Å². The first-order valence-electron chi connectivity index (χ1n) is 7.56. The zero-order chi connectivity index (χ0) is 17.1. The van der Waals surface area contributed by atoms with E-state index in [0.29, 0.717) is 27.3 Å². The number of aromatic nitrogens is 2. The molecule has 1 aliphatic rings. The van der Waals surface area contributed by atoms with Crippen molar-refractivity contribution >= 4 is 40.7 Å². The maximum atomic E-state index is 12.1. The Bertz CT molecular complexity index is 751. The van der Waals surface area contributed by atoms with Crippen molar-refractivity contribution < 1.29 is 9.59 Å². The summed E-state index contributed by atoms with van der Waals surface area (Å²) in [5.74, 6) is -0.340. The van der Waals surface area contributed by atoms with Crippen molar-refractivity contribution in [3.63, 3.8) is 0 Å². The number of hydrogen-bond acceptors (Lipinski definition) is 3. The number of amides is 2. The first kappa shape index (κ1) is 16.8. The lowest BCUT2D eigenvalue weighted by atomic mass is 10.1. The van der Waals surface area contributed by atoms with E-state index in [0.717, 1.165) is 12.8 Å². The van der Waals surface area contributed by atoms with E-state index < -0.39 is 0 Å². The van der Waals surface area contributed by atoms with Gasteiger partial charge < -0.3 is 10.6 Å². The highest BCUT2D eigenvalue weighted by Gasteiger charge is 2.23. The normalized spacial score (nSPS) is 13.6. The van der Waals surface area contributed by atoms with Gasteiger partial charge in [-0.15, -0.1) is 0 Å². The molecule has 1 aromatic heterocycles. The second kappa shape index (κ2) is 7.23. The number of halogens is 2. The highest BCUT2D eigenvalue weighted by Crippen LogP contribution is 2.25. The van der Waals surface area contributed by atoms with Gasteiger partial charge in [0.25, 0.3) is 0 Å². The number of benzene rings is 1. The largest absolute Gasteiger partial charge is 0.352 e. The Kier molecular flexibility index (Phi) is 5.06. The summed E-state index contributed by atoms with van der Waals surface area (Å²) >= 11 is 12.1. The molecule has 2 aromatic rings. The van der Waals surface area contributed by atoms with Crippen molar-refractivity contribution in [2.24, 2.45) is 0 Å². The molecule has 0 aliphatic heterocycles. The maximum Gasteiger partial charge on any atom is 0.241 e. The summed E-state index contributed by atoms with van der Waals surface area (Å²) in [6, 6.07) is 5.41. The minimum absolute atomic E-state index is 0.0614. The van der Waals surface area contributed by atoms with Gasteiger partial charge in [0.1, 0.15) is 6.54 Å². The molecule has 0 saturated heterocycles.